The largest absolute Gasteiger partial charge is 0.493 e. The lowest BCUT2D eigenvalue weighted by Gasteiger charge is -2.31. The van der Waals surface area contributed by atoms with Crippen LogP contribution in [0.4, 0.5) is 0 Å². The second kappa shape index (κ2) is 9.76. The summed E-state index contributed by atoms with van der Waals surface area (Å²) in [6.07, 6.45) is 1.98. The zero-order valence-electron chi connectivity index (χ0n) is 18.0. The van der Waals surface area contributed by atoms with Crippen LogP contribution in [0, 0.1) is 0 Å². The Morgan fingerprint density at radius 1 is 1.19 bits per heavy atom. The van der Waals surface area contributed by atoms with Crippen molar-refractivity contribution in [3.8, 4) is 11.4 Å². The van der Waals surface area contributed by atoms with E-state index in [-0.39, 0.29) is 17.7 Å². The Hall–Kier alpha value is -3.16. The Balaban J connectivity index is 1.40. The van der Waals surface area contributed by atoms with Crippen LogP contribution in [0.1, 0.15) is 28.5 Å². The molecule has 162 valence electrons. The molecule has 1 aliphatic heterocycles. The molecule has 0 bridgehead atoms. The van der Waals surface area contributed by atoms with E-state index in [0.29, 0.717) is 12.3 Å². The number of morpholine rings is 1. The van der Waals surface area contributed by atoms with Gasteiger partial charge in [-0.05, 0) is 30.2 Å². The van der Waals surface area contributed by atoms with Crippen LogP contribution < -0.4 is 10.1 Å². The smallest absolute Gasteiger partial charge is 0.275 e. The van der Waals surface area contributed by atoms with E-state index in [9.17, 15) is 4.79 Å². The lowest BCUT2D eigenvalue weighted by Crippen LogP contribution is -2.40. The number of benzene rings is 2. The maximum atomic E-state index is 12.8. The average Bonchev–Trinajstić information content (AvgIpc) is 3.23. The Kier molecular flexibility index (Phi) is 6.64. The summed E-state index contributed by atoms with van der Waals surface area (Å²) in [4.78, 5) is 15.2. The van der Waals surface area contributed by atoms with Gasteiger partial charge in [-0.1, -0.05) is 42.5 Å². The van der Waals surface area contributed by atoms with Crippen molar-refractivity contribution in [2.24, 2.45) is 0 Å². The minimum absolute atomic E-state index is 0.265. The summed E-state index contributed by atoms with van der Waals surface area (Å²) >= 11 is 0. The van der Waals surface area contributed by atoms with Crippen LogP contribution in [-0.4, -0.2) is 53.5 Å². The van der Waals surface area contributed by atoms with Crippen molar-refractivity contribution in [3.63, 3.8) is 0 Å². The van der Waals surface area contributed by atoms with Gasteiger partial charge in [0.25, 0.3) is 5.91 Å². The number of hydrogen-bond acceptors (Lipinski definition) is 5. The maximum absolute atomic E-state index is 12.8. The summed E-state index contributed by atoms with van der Waals surface area (Å²) in [7, 11) is 1.54. The highest BCUT2D eigenvalue weighted by molar-refractivity contribution is 5.94. The summed E-state index contributed by atoms with van der Waals surface area (Å²) < 4.78 is 12.6. The predicted molar refractivity (Wildman–Crippen MR) is 118 cm³/mol. The van der Waals surface area contributed by atoms with Crippen molar-refractivity contribution in [2.45, 2.75) is 26.1 Å². The lowest BCUT2D eigenvalue weighted by atomic mass is 10.1. The van der Waals surface area contributed by atoms with Crippen molar-refractivity contribution in [1.82, 2.24) is 20.0 Å². The molecule has 1 fully saturated rings. The second-order valence-corrected chi connectivity index (χ2v) is 7.75. The number of para-hydroxylation sites is 1. The van der Waals surface area contributed by atoms with Gasteiger partial charge in [-0.3, -0.25) is 9.69 Å². The van der Waals surface area contributed by atoms with Gasteiger partial charge in [-0.25, -0.2) is 4.68 Å². The molecule has 0 spiro atoms. The number of nitrogens with one attached hydrogen (secondary N) is 1. The third-order valence-corrected chi connectivity index (χ3v) is 5.31. The van der Waals surface area contributed by atoms with E-state index in [1.165, 1.54) is 5.56 Å². The van der Waals surface area contributed by atoms with Crippen LogP contribution in [0.5, 0.6) is 5.75 Å². The zero-order valence-corrected chi connectivity index (χ0v) is 18.0. The Bertz CT molecular complexity index is 1020. The molecule has 4 rings (SSSR count). The molecule has 2 heterocycles. The van der Waals surface area contributed by atoms with Crippen LogP contribution in [0.15, 0.2) is 60.8 Å². The molecular weight excluding hydrogens is 392 g/mol. The summed E-state index contributed by atoms with van der Waals surface area (Å²) in [6.45, 7) is 6.05. The van der Waals surface area contributed by atoms with Crippen molar-refractivity contribution < 1.29 is 14.3 Å². The Morgan fingerprint density at radius 2 is 2.00 bits per heavy atom. The number of carbonyl (C=O) groups is 1. The fourth-order valence-corrected chi connectivity index (χ4v) is 3.77. The van der Waals surface area contributed by atoms with Crippen LogP contribution in [0.3, 0.4) is 0 Å². The highest BCUT2D eigenvalue weighted by Crippen LogP contribution is 2.19. The van der Waals surface area contributed by atoms with Gasteiger partial charge in [0.1, 0.15) is 0 Å². The number of amides is 1. The zero-order chi connectivity index (χ0) is 21.6. The SMILES string of the molecule is COc1cn(-c2ccccc2)nc1C(=O)NCc1cccc(CN2CCO[C@@H](C)C2)c1. The molecule has 0 saturated carbocycles. The second-order valence-electron chi connectivity index (χ2n) is 7.75. The van der Waals surface area contributed by atoms with E-state index < -0.39 is 0 Å². The molecule has 1 amide bonds. The van der Waals surface area contributed by atoms with E-state index in [1.54, 1.807) is 18.0 Å². The summed E-state index contributed by atoms with van der Waals surface area (Å²) in [6, 6.07) is 17.9. The minimum atomic E-state index is -0.265. The standard InChI is InChI=1S/C24H28N4O3/c1-18-15-27(11-12-31-18)16-20-8-6-7-19(13-20)14-25-24(29)23-22(30-2)17-28(26-23)21-9-4-3-5-10-21/h3-10,13,17-18H,11-12,14-16H2,1-2H3,(H,25,29)/t18-/m0/s1. The number of aromatic nitrogens is 2. The first-order valence-electron chi connectivity index (χ1n) is 10.5. The van der Waals surface area contributed by atoms with Crippen molar-refractivity contribution in [2.75, 3.05) is 26.8 Å². The molecule has 1 atom stereocenters. The Morgan fingerprint density at radius 3 is 2.77 bits per heavy atom. The number of methoxy groups -OCH3 is 1. The molecule has 7 heteroatoms. The molecule has 0 unspecified atom stereocenters. The summed E-state index contributed by atoms with van der Waals surface area (Å²) in [5, 5.41) is 7.39. The van der Waals surface area contributed by atoms with Gasteiger partial charge < -0.3 is 14.8 Å². The van der Waals surface area contributed by atoms with Crippen LogP contribution in [-0.2, 0) is 17.8 Å². The lowest BCUT2D eigenvalue weighted by molar-refractivity contribution is -0.0212. The number of nitrogens with zero attached hydrogens (tertiary/aromatic N) is 3. The molecule has 1 N–H and O–H groups in total. The first-order valence-corrected chi connectivity index (χ1v) is 10.5. The molecule has 1 aliphatic rings. The molecule has 1 saturated heterocycles. The van der Waals surface area contributed by atoms with Crippen LogP contribution in [0.2, 0.25) is 0 Å². The van der Waals surface area contributed by atoms with Gasteiger partial charge in [0, 0.05) is 26.2 Å². The summed E-state index contributed by atoms with van der Waals surface area (Å²) in [5.41, 5.74) is 3.41. The molecule has 7 nitrogen and oxygen atoms in total. The van der Waals surface area contributed by atoms with Gasteiger partial charge in [-0.2, -0.15) is 5.10 Å². The number of ether oxygens (including phenoxy) is 2. The first kappa shape index (κ1) is 21.1. The average molecular weight is 421 g/mol. The van der Waals surface area contributed by atoms with Gasteiger partial charge in [0.05, 0.1) is 31.7 Å². The van der Waals surface area contributed by atoms with E-state index in [4.69, 9.17) is 9.47 Å². The van der Waals surface area contributed by atoms with Gasteiger partial charge in [0.15, 0.2) is 11.4 Å². The maximum Gasteiger partial charge on any atom is 0.275 e. The van der Waals surface area contributed by atoms with Gasteiger partial charge >= 0.3 is 0 Å². The predicted octanol–water partition coefficient (Wildman–Crippen LogP) is 3.03. The molecule has 31 heavy (non-hydrogen) atoms. The third-order valence-electron chi connectivity index (χ3n) is 5.31. The van der Waals surface area contributed by atoms with Crippen LogP contribution >= 0.6 is 0 Å². The summed E-state index contributed by atoms with van der Waals surface area (Å²) in [5.74, 6) is 0.176. The molecule has 3 aromatic rings. The fourth-order valence-electron chi connectivity index (χ4n) is 3.77. The Labute approximate surface area is 182 Å². The fraction of sp³-hybridized carbons (Fsp3) is 0.333. The quantitative estimate of drug-likeness (QED) is 0.636. The van der Waals surface area contributed by atoms with Gasteiger partial charge in [0.2, 0.25) is 0 Å². The van der Waals surface area contributed by atoms with E-state index >= 15 is 0 Å². The number of rotatable bonds is 7. The normalized spacial score (nSPS) is 16.8. The highest BCUT2D eigenvalue weighted by atomic mass is 16.5. The number of carbonyl (C=O) groups excluding carboxylic acids is 1. The van der Waals surface area contributed by atoms with Crippen LogP contribution in [0.25, 0.3) is 5.69 Å². The molecular formula is C24H28N4O3. The minimum Gasteiger partial charge on any atom is -0.493 e. The van der Waals surface area contributed by atoms with Crippen molar-refractivity contribution in [1.29, 1.82) is 0 Å². The monoisotopic (exact) mass is 420 g/mol. The molecule has 1 aromatic heterocycles. The molecule has 2 aromatic carbocycles. The van der Waals surface area contributed by atoms with Crippen molar-refractivity contribution >= 4 is 5.91 Å². The number of hydrogen-bond donors (Lipinski definition) is 1. The topological polar surface area (TPSA) is 68.6 Å². The molecule has 0 radical (unpaired) electrons. The van der Waals surface area contributed by atoms with E-state index in [2.05, 4.69) is 34.4 Å². The third kappa shape index (κ3) is 5.31. The van der Waals surface area contributed by atoms with Crippen molar-refractivity contribution in [3.05, 3.63) is 77.6 Å². The van der Waals surface area contributed by atoms with E-state index in [0.717, 1.165) is 37.5 Å². The molecule has 0 aliphatic carbocycles. The highest BCUT2D eigenvalue weighted by Gasteiger charge is 2.19. The van der Waals surface area contributed by atoms with Gasteiger partial charge in [-0.15, -0.1) is 0 Å². The first-order chi connectivity index (χ1) is 15.1. The van der Waals surface area contributed by atoms with E-state index in [1.807, 2.05) is 42.5 Å².